The van der Waals surface area contributed by atoms with E-state index in [0.717, 1.165) is 36.6 Å². The van der Waals surface area contributed by atoms with Crippen LogP contribution in [0.2, 0.25) is 0 Å². The Labute approximate surface area is 157 Å². The number of imidazole rings is 1. The van der Waals surface area contributed by atoms with Crippen LogP contribution in [0.25, 0.3) is 0 Å². The Balaban J connectivity index is 1.43. The largest absolute Gasteiger partial charge is 0.341 e. The Morgan fingerprint density at radius 2 is 2.15 bits per heavy atom. The second kappa shape index (κ2) is 7.53. The smallest absolute Gasteiger partial charge is 0.271 e. The van der Waals surface area contributed by atoms with Crippen molar-refractivity contribution in [3.05, 3.63) is 60.2 Å². The number of amides is 1. The van der Waals surface area contributed by atoms with Gasteiger partial charge in [0.15, 0.2) is 0 Å². The van der Waals surface area contributed by atoms with Crippen LogP contribution in [-0.4, -0.2) is 48.8 Å². The number of rotatable bonds is 4. The van der Waals surface area contributed by atoms with E-state index in [1.54, 1.807) is 18.6 Å². The predicted octanol–water partition coefficient (Wildman–Crippen LogP) is 2.67. The average molecular weight is 363 g/mol. The number of likely N-dealkylation sites (tertiary alicyclic amines) is 1. The van der Waals surface area contributed by atoms with Gasteiger partial charge in [-0.2, -0.15) is 0 Å². The van der Waals surface area contributed by atoms with Crippen molar-refractivity contribution in [3.8, 4) is 0 Å². The predicted molar refractivity (Wildman–Crippen MR) is 101 cm³/mol. The van der Waals surface area contributed by atoms with Gasteiger partial charge in [0.25, 0.3) is 5.91 Å². The summed E-state index contributed by atoms with van der Waals surface area (Å²) in [4.78, 5) is 34.6. The number of H-pyrrole nitrogens is 1. The van der Waals surface area contributed by atoms with E-state index in [4.69, 9.17) is 0 Å². The van der Waals surface area contributed by atoms with Gasteiger partial charge in [-0.05, 0) is 31.9 Å². The molecular weight excluding hydrogens is 342 g/mol. The van der Waals surface area contributed by atoms with Crippen molar-refractivity contribution in [3.63, 3.8) is 0 Å². The van der Waals surface area contributed by atoms with Gasteiger partial charge in [0.2, 0.25) is 0 Å². The molecule has 2 N–H and O–H groups in total. The molecule has 27 heavy (non-hydrogen) atoms. The molecule has 3 aromatic rings. The summed E-state index contributed by atoms with van der Waals surface area (Å²) in [5, 5.41) is 3.16. The number of nitrogens with zero attached hydrogens (tertiary/aromatic N) is 5. The lowest BCUT2D eigenvalue weighted by atomic mass is 9.95. The monoisotopic (exact) mass is 363 g/mol. The molecule has 1 fully saturated rings. The molecule has 4 heterocycles. The van der Waals surface area contributed by atoms with Crippen LogP contribution in [0, 0.1) is 6.92 Å². The lowest BCUT2D eigenvalue weighted by molar-refractivity contribution is 0.0700. The quantitative estimate of drug-likeness (QED) is 0.739. The molecule has 0 aromatic carbocycles. The summed E-state index contributed by atoms with van der Waals surface area (Å²) in [6.45, 7) is 3.33. The molecule has 3 aromatic heterocycles. The molecule has 0 saturated carbocycles. The Morgan fingerprint density at radius 1 is 1.22 bits per heavy atom. The maximum Gasteiger partial charge on any atom is 0.271 e. The molecule has 1 saturated heterocycles. The van der Waals surface area contributed by atoms with Crippen LogP contribution < -0.4 is 5.32 Å². The maximum absolute atomic E-state index is 12.5. The number of nitrogens with one attached hydrogen (secondary N) is 2. The van der Waals surface area contributed by atoms with Crippen molar-refractivity contribution >= 4 is 17.5 Å². The number of anilines is 2. The van der Waals surface area contributed by atoms with Crippen LogP contribution >= 0.6 is 0 Å². The molecule has 0 spiro atoms. The van der Waals surface area contributed by atoms with Gasteiger partial charge in [-0.1, -0.05) is 6.07 Å². The van der Waals surface area contributed by atoms with Crippen LogP contribution in [0.4, 0.5) is 11.6 Å². The zero-order chi connectivity index (χ0) is 18.6. The van der Waals surface area contributed by atoms with Crippen LogP contribution in [0.3, 0.4) is 0 Å². The third-order valence-corrected chi connectivity index (χ3v) is 4.67. The van der Waals surface area contributed by atoms with E-state index in [9.17, 15) is 4.79 Å². The molecule has 0 aliphatic carbocycles. The van der Waals surface area contributed by atoms with Gasteiger partial charge >= 0.3 is 0 Å². The van der Waals surface area contributed by atoms with E-state index >= 15 is 0 Å². The first kappa shape index (κ1) is 17.1. The number of pyridine rings is 1. The Bertz CT molecular complexity index is 908. The van der Waals surface area contributed by atoms with E-state index < -0.39 is 0 Å². The number of piperidine rings is 1. The number of aromatic nitrogens is 5. The van der Waals surface area contributed by atoms with E-state index in [1.165, 1.54) is 6.33 Å². The second-order valence-corrected chi connectivity index (χ2v) is 6.67. The molecular formula is C19H21N7O. The Kier molecular flexibility index (Phi) is 4.78. The van der Waals surface area contributed by atoms with Crippen LogP contribution in [-0.2, 0) is 0 Å². The highest BCUT2D eigenvalue weighted by atomic mass is 16.2. The molecule has 0 radical (unpaired) electrons. The van der Waals surface area contributed by atoms with Crippen molar-refractivity contribution in [2.45, 2.75) is 25.7 Å². The fourth-order valence-corrected chi connectivity index (χ4v) is 3.30. The van der Waals surface area contributed by atoms with Gasteiger partial charge in [0.05, 0.1) is 30.6 Å². The molecule has 0 unspecified atom stereocenters. The Hall–Kier alpha value is -3.29. The minimum atomic E-state index is -0.0195. The molecule has 138 valence electrons. The molecule has 1 atom stereocenters. The van der Waals surface area contributed by atoms with Crippen LogP contribution in [0.15, 0.2) is 43.1 Å². The average Bonchev–Trinajstić information content (AvgIpc) is 3.23. The number of hydrogen-bond donors (Lipinski definition) is 2. The van der Waals surface area contributed by atoms with Gasteiger partial charge in [0, 0.05) is 24.7 Å². The van der Waals surface area contributed by atoms with E-state index in [2.05, 4.69) is 30.2 Å². The second-order valence-electron chi connectivity index (χ2n) is 6.67. The molecule has 1 amide bonds. The zero-order valence-corrected chi connectivity index (χ0v) is 15.1. The molecule has 8 heteroatoms. The highest BCUT2D eigenvalue weighted by Crippen LogP contribution is 2.26. The number of hydrogen-bond acceptors (Lipinski definition) is 6. The summed E-state index contributed by atoms with van der Waals surface area (Å²) in [5.41, 5.74) is 2.36. The zero-order valence-electron chi connectivity index (χ0n) is 15.1. The number of carbonyl (C=O) groups is 1. The lowest BCUT2D eigenvalue weighted by Crippen LogP contribution is -2.39. The van der Waals surface area contributed by atoms with Crippen molar-refractivity contribution < 1.29 is 4.79 Å². The van der Waals surface area contributed by atoms with E-state index in [0.29, 0.717) is 18.1 Å². The van der Waals surface area contributed by atoms with Crippen molar-refractivity contribution in [1.29, 1.82) is 0 Å². The lowest BCUT2D eigenvalue weighted by Gasteiger charge is -2.32. The topological polar surface area (TPSA) is 99.7 Å². The minimum absolute atomic E-state index is 0.0195. The first-order valence-corrected chi connectivity index (χ1v) is 8.99. The maximum atomic E-state index is 12.5. The third kappa shape index (κ3) is 3.94. The first-order valence-electron chi connectivity index (χ1n) is 8.99. The summed E-state index contributed by atoms with van der Waals surface area (Å²) < 4.78 is 0. The molecule has 1 aliphatic rings. The van der Waals surface area contributed by atoms with Gasteiger partial charge in [-0.3, -0.25) is 9.78 Å². The molecule has 0 bridgehead atoms. The summed E-state index contributed by atoms with van der Waals surface area (Å²) in [6, 6.07) is 5.78. The minimum Gasteiger partial charge on any atom is -0.341 e. The standard InChI is InChI=1S/C19H21N7O/c1-13-4-2-6-17(24-13)25-18-10-21-15(9-22-18)14-5-3-7-26(11-14)19(27)16-8-20-12-23-16/h2,4,6,8-10,12,14H,3,5,7,11H2,1H3,(H,20,23)(H,22,24,25)/t14-/m0/s1. The van der Waals surface area contributed by atoms with Crippen LogP contribution in [0.1, 0.15) is 40.6 Å². The van der Waals surface area contributed by atoms with Crippen molar-refractivity contribution in [1.82, 2.24) is 29.8 Å². The van der Waals surface area contributed by atoms with Gasteiger partial charge < -0.3 is 15.2 Å². The summed E-state index contributed by atoms with van der Waals surface area (Å²) in [5.74, 6) is 1.56. The number of aryl methyl sites for hydroxylation is 1. The van der Waals surface area contributed by atoms with Crippen molar-refractivity contribution in [2.24, 2.45) is 0 Å². The molecule has 8 nitrogen and oxygen atoms in total. The summed E-state index contributed by atoms with van der Waals surface area (Å²) in [6.07, 6.45) is 8.52. The molecule has 1 aliphatic heterocycles. The Morgan fingerprint density at radius 3 is 2.89 bits per heavy atom. The fraction of sp³-hybridized carbons (Fsp3) is 0.316. The van der Waals surface area contributed by atoms with E-state index in [-0.39, 0.29) is 11.8 Å². The third-order valence-electron chi connectivity index (χ3n) is 4.67. The van der Waals surface area contributed by atoms with Crippen molar-refractivity contribution in [2.75, 3.05) is 18.4 Å². The van der Waals surface area contributed by atoms with Gasteiger partial charge in [0.1, 0.15) is 17.3 Å². The highest BCUT2D eigenvalue weighted by Gasteiger charge is 2.27. The first-order chi connectivity index (χ1) is 13.2. The van der Waals surface area contributed by atoms with Gasteiger partial charge in [-0.15, -0.1) is 0 Å². The normalized spacial score (nSPS) is 16.9. The molecule has 4 rings (SSSR count). The summed E-state index contributed by atoms with van der Waals surface area (Å²) >= 11 is 0. The highest BCUT2D eigenvalue weighted by molar-refractivity contribution is 5.92. The number of carbonyl (C=O) groups excluding carboxylic acids is 1. The van der Waals surface area contributed by atoms with Gasteiger partial charge in [-0.25, -0.2) is 15.0 Å². The fourth-order valence-electron chi connectivity index (χ4n) is 3.30. The van der Waals surface area contributed by atoms with E-state index in [1.807, 2.05) is 30.0 Å². The summed E-state index contributed by atoms with van der Waals surface area (Å²) in [7, 11) is 0. The SMILES string of the molecule is Cc1cccc(Nc2cnc([C@H]3CCCN(C(=O)c4cnc[nH]4)C3)cn2)n1. The number of aromatic amines is 1. The van der Waals surface area contributed by atoms with Crippen LogP contribution in [0.5, 0.6) is 0 Å².